The highest BCUT2D eigenvalue weighted by Gasteiger charge is 2.11. The van der Waals surface area contributed by atoms with E-state index in [1.165, 1.54) is 22.9 Å². The fraction of sp³-hybridized carbons (Fsp3) is 0.100. The lowest BCUT2D eigenvalue weighted by molar-refractivity contribution is 0.615. The smallest absolute Gasteiger partial charge is 0.312 e. The van der Waals surface area contributed by atoms with Crippen LogP contribution in [0.5, 0.6) is 0 Å². The highest BCUT2D eigenvalue weighted by Crippen LogP contribution is 2.20. The Hall–Kier alpha value is -1.55. The van der Waals surface area contributed by atoms with Gasteiger partial charge < -0.3 is 4.98 Å². The molecule has 0 fully saturated rings. The minimum Gasteiger partial charge on any atom is -0.312 e. The molecule has 0 amide bonds. The molecule has 15 heavy (non-hydrogen) atoms. The summed E-state index contributed by atoms with van der Waals surface area (Å²) in [6.07, 6.45) is 1.52. The highest BCUT2D eigenvalue weighted by atomic mass is 35.5. The zero-order valence-corrected chi connectivity index (χ0v) is 8.68. The fourth-order valence-electron chi connectivity index (χ4n) is 1.42. The van der Waals surface area contributed by atoms with Crippen LogP contribution >= 0.6 is 11.6 Å². The molecular weight excluding hydrogens is 219 g/mol. The molecule has 1 aromatic heterocycles. The van der Waals surface area contributed by atoms with Gasteiger partial charge in [0, 0.05) is 11.9 Å². The van der Waals surface area contributed by atoms with Crippen LogP contribution in [-0.4, -0.2) is 9.55 Å². The third-order valence-corrected chi connectivity index (χ3v) is 2.42. The number of hydrogen-bond acceptors (Lipinski definition) is 1. The maximum absolute atomic E-state index is 13.6. The van der Waals surface area contributed by atoms with E-state index < -0.39 is 5.82 Å². The van der Waals surface area contributed by atoms with Crippen LogP contribution in [0.3, 0.4) is 0 Å². The molecule has 0 aliphatic rings. The van der Waals surface area contributed by atoms with Gasteiger partial charge in [-0.3, -0.25) is 4.57 Å². The topological polar surface area (TPSA) is 37.8 Å². The van der Waals surface area contributed by atoms with Crippen molar-refractivity contribution in [1.29, 1.82) is 0 Å². The number of benzene rings is 1. The van der Waals surface area contributed by atoms with Crippen LogP contribution in [0, 0.1) is 12.7 Å². The lowest BCUT2D eigenvalue weighted by Gasteiger charge is -2.05. The minimum atomic E-state index is -0.594. The molecule has 1 aromatic carbocycles. The second-order valence-electron chi connectivity index (χ2n) is 3.14. The summed E-state index contributed by atoms with van der Waals surface area (Å²) in [6.45, 7) is 1.71. The summed E-state index contributed by atoms with van der Waals surface area (Å²) in [7, 11) is 0. The molecule has 1 heterocycles. The van der Waals surface area contributed by atoms with E-state index in [-0.39, 0.29) is 16.4 Å². The average molecular weight is 227 g/mol. The second kappa shape index (κ2) is 3.55. The van der Waals surface area contributed by atoms with Crippen molar-refractivity contribution in [3.8, 4) is 5.69 Å². The standard InChI is InChI=1S/C10H8ClFN2O/c1-6-5-13-10(15)14(6)8-4-2-3-7(11)9(8)12/h2-5H,1H3,(H,13,15). The molecule has 3 nitrogen and oxygen atoms in total. The molecule has 0 radical (unpaired) electrons. The molecule has 0 bridgehead atoms. The van der Waals surface area contributed by atoms with Gasteiger partial charge in [0.25, 0.3) is 0 Å². The maximum atomic E-state index is 13.6. The van der Waals surface area contributed by atoms with Crippen molar-refractivity contribution in [3.05, 3.63) is 51.4 Å². The lowest BCUT2D eigenvalue weighted by Crippen LogP contribution is -2.17. The van der Waals surface area contributed by atoms with Crippen LogP contribution < -0.4 is 5.69 Å². The first-order valence-electron chi connectivity index (χ1n) is 4.32. The van der Waals surface area contributed by atoms with Gasteiger partial charge in [-0.15, -0.1) is 0 Å². The molecule has 0 aliphatic carbocycles. The summed E-state index contributed by atoms with van der Waals surface area (Å²) in [4.78, 5) is 13.9. The Morgan fingerprint density at radius 2 is 2.20 bits per heavy atom. The fourth-order valence-corrected chi connectivity index (χ4v) is 1.59. The number of nitrogens with zero attached hydrogens (tertiary/aromatic N) is 1. The SMILES string of the molecule is Cc1c[nH]c(=O)n1-c1cccc(Cl)c1F. The number of aryl methyl sites for hydroxylation is 1. The van der Waals surface area contributed by atoms with Crippen molar-refractivity contribution in [1.82, 2.24) is 9.55 Å². The third kappa shape index (κ3) is 1.57. The number of hydrogen-bond donors (Lipinski definition) is 1. The van der Waals surface area contributed by atoms with E-state index >= 15 is 0 Å². The van der Waals surface area contributed by atoms with E-state index in [2.05, 4.69) is 4.98 Å². The van der Waals surface area contributed by atoms with Crippen LogP contribution in [-0.2, 0) is 0 Å². The Bertz CT molecular complexity index is 559. The molecule has 0 spiro atoms. The van der Waals surface area contributed by atoms with Crippen LogP contribution in [0.4, 0.5) is 4.39 Å². The number of rotatable bonds is 1. The Labute approximate surface area is 90.1 Å². The van der Waals surface area contributed by atoms with E-state index in [9.17, 15) is 9.18 Å². The Balaban J connectivity index is 2.75. The lowest BCUT2D eigenvalue weighted by atomic mass is 10.3. The summed E-state index contributed by atoms with van der Waals surface area (Å²) < 4.78 is 14.9. The number of imidazole rings is 1. The number of aromatic nitrogens is 2. The summed E-state index contributed by atoms with van der Waals surface area (Å²) in [5.41, 5.74) is 0.404. The number of nitrogens with one attached hydrogen (secondary N) is 1. The summed E-state index contributed by atoms with van der Waals surface area (Å²) in [6, 6.07) is 4.54. The van der Waals surface area contributed by atoms with Gasteiger partial charge in [0.15, 0.2) is 5.82 Å². The maximum Gasteiger partial charge on any atom is 0.330 e. The number of halogens is 2. The van der Waals surface area contributed by atoms with Gasteiger partial charge in [0.2, 0.25) is 0 Å². The Morgan fingerprint density at radius 3 is 2.80 bits per heavy atom. The largest absolute Gasteiger partial charge is 0.330 e. The van der Waals surface area contributed by atoms with E-state index in [1.807, 2.05) is 0 Å². The predicted octanol–water partition coefficient (Wildman–Crippen LogP) is 2.27. The van der Waals surface area contributed by atoms with Crippen molar-refractivity contribution < 1.29 is 4.39 Å². The van der Waals surface area contributed by atoms with Crippen molar-refractivity contribution in [2.24, 2.45) is 0 Å². The molecule has 78 valence electrons. The van der Waals surface area contributed by atoms with E-state index in [0.717, 1.165) is 0 Å². The first kappa shape index (κ1) is 9.98. The molecule has 0 atom stereocenters. The van der Waals surface area contributed by atoms with E-state index in [4.69, 9.17) is 11.6 Å². The van der Waals surface area contributed by atoms with Gasteiger partial charge in [-0.1, -0.05) is 17.7 Å². The van der Waals surface area contributed by atoms with Crippen molar-refractivity contribution in [2.45, 2.75) is 6.92 Å². The van der Waals surface area contributed by atoms with Crippen molar-refractivity contribution >= 4 is 11.6 Å². The minimum absolute atomic E-state index is 0.000000000000000222. The quantitative estimate of drug-likeness (QED) is 0.796. The first-order chi connectivity index (χ1) is 7.11. The Morgan fingerprint density at radius 1 is 1.47 bits per heavy atom. The predicted molar refractivity (Wildman–Crippen MR) is 56.1 cm³/mol. The van der Waals surface area contributed by atoms with Crippen LogP contribution in [0.1, 0.15) is 5.69 Å². The monoisotopic (exact) mass is 226 g/mol. The average Bonchev–Trinajstić information content (AvgIpc) is 2.52. The third-order valence-electron chi connectivity index (χ3n) is 2.13. The highest BCUT2D eigenvalue weighted by molar-refractivity contribution is 6.30. The van der Waals surface area contributed by atoms with Crippen LogP contribution in [0.25, 0.3) is 5.69 Å². The van der Waals surface area contributed by atoms with Crippen molar-refractivity contribution in [2.75, 3.05) is 0 Å². The van der Waals surface area contributed by atoms with Gasteiger partial charge in [-0.05, 0) is 19.1 Å². The van der Waals surface area contributed by atoms with Gasteiger partial charge in [0.05, 0.1) is 10.7 Å². The van der Waals surface area contributed by atoms with E-state index in [0.29, 0.717) is 5.69 Å². The van der Waals surface area contributed by atoms with E-state index in [1.54, 1.807) is 13.0 Å². The molecule has 2 rings (SSSR count). The summed E-state index contributed by atoms with van der Waals surface area (Å²) in [5.74, 6) is -0.594. The second-order valence-corrected chi connectivity index (χ2v) is 3.55. The normalized spacial score (nSPS) is 10.6. The first-order valence-corrected chi connectivity index (χ1v) is 4.70. The number of H-pyrrole nitrogens is 1. The van der Waals surface area contributed by atoms with Crippen LogP contribution in [0.2, 0.25) is 5.02 Å². The van der Waals surface area contributed by atoms with Gasteiger partial charge >= 0.3 is 5.69 Å². The molecular formula is C10H8ClFN2O. The molecule has 0 saturated carbocycles. The molecule has 2 aromatic rings. The number of aromatic amines is 1. The zero-order valence-electron chi connectivity index (χ0n) is 7.92. The molecule has 0 aliphatic heterocycles. The molecule has 1 N–H and O–H groups in total. The molecule has 5 heteroatoms. The van der Waals surface area contributed by atoms with Gasteiger partial charge in [-0.25, -0.2) is 9.18 Å². The van der Waals surface area contributed by atoms with Gasteiger partial charge in [-0.2, -0.15) is 0 Å². The van der Waals surface area contributed by atoms with Crippen LogP contribution in [0.15, 0.2) is 29.2 Å². The van der Waals surface area contributed by atoms with Crippen molar-refractivity contribution in [3.63, 3.8) is 0 Å². The zero-order chi connectivity index (χ0) is 11.0. The molecule has 0 unspecified atom stereocenters. The van der Waals surface area contributed by atoms with Gasteiger partial charge in [0.1, 0.15) is 0 Å². The Kier molecular flexibility index (Phi) is 2.36. The summed E-state index contributed by atoms with van der Waals surface area (Å²) in [5, 5.41) is 0.000000000000000222. The molecule has 0 saturated heterocycles. The summed E-state index contributed by atoms with van der Waals surface area (Å²) >= 11 is 5.63.